The number of hydrogen-bond acceptors (Lipinski definition) is 3. The molecule has 1 N–H and O–H groups in total. The van der Waals surface area contributed by atoms with Crippen LogP contribution in [0.15, 0.2) is 30.0 Å². The van der Waals surface area contributed by atoms with Crippen molar-refractivity contribution in [2.24, 2.45) is 0 Å². The van der Waals surface area contributed by atoms with Gasteiger partial charge in [-0.05, 0) is 36.6 Å². The van der Waals surface area contributed by atoms with Crippen LogP contribution in [0.1, 0.15) is 12.5 Å². The number of fused-ring (bicyclic) bond motifs is 1. The molecule has 0 unspecified atom stereocenters. The van der Waals surface area contributed by atoms with E-state index in [0.717, 1.165) is 35.3 Å². The molecule has 0 aliphatic carbocycles. The van der Waals surface area contributed by atoms with Crippen LogP contribution in [0, 0.1) is 0 Å². The summed E-state index contributed by atoms with van der Waals surface area (Å²) in [6.45, 7) is 2.18. The van der Waals surface area contributed by atoms with E-state index in [1.54, 1.807) is 0 Å². The molecule has 1 aliphatic heterocycles. The summed E-state index contributed by atoms with van der Waals surface area (Å²) in [5.41, 5.74) is 2.03. The second-order valence-electron chi connectivity index (χ2n) is 3.34. The fourth-order valence-electron chi connectivity index (χ4n) is 1.42. The van der Waals surface area contributed by atoms with Crippen LogP contribution in [0.25, 0.3) is 0 Å². The maximum absolute atomic E-state index is 8.77. The van der Waals surface area contributed by atoms with Crippen molar-refractivity contribution in [1.29, 1.82) is 0 Å². The third kappa shape index (κ3) is 1.66. The first-order valence-corrected chi connectivity index (χ1v) is 4.48. The zero-order chi connectivity index (χ0) is 9.97. The van der Waals surface area contributed by atoms with Gasteiger partial charge in [-0.25, -0.2) is 0 Å². The lowest BCUT2D eigenvalue weighted by molar-refractivity contribution is 0.174. The highest BCUT2D eigenvalue weighted by Gasteiger charge is 2.12. The molecule has 0 saturated heterocycles. The van der Waals surface area contributed by atoms with Gasteiger partial charge in [0.1, 0.15) is 0 Å². The van der Waals surface area contributed by atoms with Crippen LogP contribution in [0.5, 0.6) is 11.5 Å². The minimum atomic E-state index is 0.299. The van der Waals surface area contributed by atoms with Crippen LogP contribution in [0.3, 0.4) is 0 Å². The van der Waals surface area contributed by atoms with Crippen molar-refractivity contribution in [1.82, 2.24) is 0 Å². The molecule has 0 aromatic heterocycles. The van der Waals surface area contributed by atoms with E-state index in [9.17, 15) is 0 Å². The van der Waals surface area contributed by atoms with Gasteiger partial charge < -0.3 is 14.6 Å². The first-order valence-electron chi connectivity index (χ1n) is 4.48. The standard InChI is InChI=1S/C11H12O3/c1-8(6-12)4-9-2-3-10-11(5-9)14-7-13-10/h2-3,5-6,12H,4,7H2,1H3/b8-6+. The summed E-state index contributed by atoms with van der Waals surface area (Å²) in [6, 6.07) is 5.80. The van der Waals surface area contributed by atoms with Gasteiger partial charge in [0.15, 0.2) is 11.5 Å². The molecule has 1 aliphatic rings. The molecular formula is C11H12O3. The van der Waals surface area contributed by atoms with E-state index in [0.29, 0.717) is 6.79 Å². The Labute approximate surface area is 82.6 Å². The summed E-state index contributed by atoms with van der Waals surface area (Å²) in [7, 11) is 0. The molecule has 3 heteroatoms. The Kier molecular flexibility index (Phi) is 2.31. The third-order valence-electron chi connectivity index (χ3n) is 2.14. The highest BCUT2D eigenvalue weighted by atomic mass is 16.7. The molecule has 0 amide bonds. The smallest absolute Gasteiger partial charge is 0.231 e. The van der Waals surface area contributed by atoms with E-state index in [1.807, 2.05) is 25.1 Å². The van der Waals surface area contributed by atoms with Crippen LogP contribution in [-0.4, -0.2) is 11.9 Å². The lowest BCUT2D eigenvalue weighted by Crippen LogP contribution is -1.93. The molecule has 14 heavy (non-hydrogen) atoms. The van der Waals surface area contributed by atoms with Crippen molar-refractivity contribution in [3.05, 3.63) is 35.6 Å². The number of benzene rings is 1. The Balaban J connectivity index is 2.21. The second-order valence-corrected chi connectivity index (χ2v) is 3.34. The van der Waals surface area contributed by atoms with Crippen LogP contribution >= 0.6 is 0 Å². The van der Waals surface area contributed by atoms with Gasteiger partial charge in [-0.15, -0.1) is 0 Å². The fourth-order valence-corrected chi connectivity index (χ4v) is 1.42. The van der Waals surface area contributed by atoms with Gasteiger partial charge >= 0.3 is 0 Å². The normalized spacial score (nSPS) is 14.5. The van der Waals surface area contributed by atoms with Crippen molar-refractivity contribution in [2.45, 2.75) is 13.3 Å². The van der Waals surface area contributed by atoms with Crippen molar-refractivity contribution in [3.8, 4) is 11.5 Å². The molecule has 0 bridgehead atoms. The Morgan fingerprint density at radius 3 is 3.00 bits per heavy atom. The van der Waals surface area contributed by atoms with E-state index in [2.05, 4.69) is 0 Å². The molecule has 1 heterocycles. The van der Waals surface area contributed by atoms with E-state index >= 15 is 0 Å². The lowest BCUT2D eigenvalue weighted by atomic mass is 10.1. The van der Waals surface area contributed by atoms with Crippen molar-refractivity contribution >= 4 is 0 Å². The number of hydrogen-bond donors (Lipinski definition) is 1. The van der Waals surface area contributed by atoms with Gasteiger partial charge in [-0.1, -0.05) is 6.07 Å². The second kappa shape index (κ2) is 3.62. The highest BCUT2D eigenvalue weighted by Crippen LogP contribution is 2.32. The zero-order valence-corrected chi connectivity index (χ0v) is 7.99. The van der Waals surface area contributed by atoms with Crippen LogP contribution in [0.2, 0.25) is 0 Å². The fraction of sp³-hybridized carbons (Fsp3) is 0.273. The SMILES string of the molecule is C/C(=C\O)Cc1ccc2c(c1)OCO2. The van der Waals surface area contributed by atoms with Crippen LogP contribution < -0.4 is 9.47 Å². The quantitative estimate of drug-likeness (QED) is 0.731. The van der Waals surface area contributed by atoms with Crippen LogP contribution in [-0.2, 0) is 6.42 Å². The summed E-state index contributed by atoms with van der Waals surface area (Å²) in [4.78, 5) is 0. The molecule has 3 nitrogen and oxygen atoms in total. The summed E-state index contributed by atoms with van der Waals surface area (Å²) in [5, 5.41) is 8.77. The van der Waals surface area contributed by atoms with Gasteiger partial charge in [0.25, 0.3) is 0 Å². The Morgan fingerprint density at radius 1 is 1.43 bits per heavy atom. The van der Waals surface area contributed by atoms with Crippen molar-refractivity contribution in [3.63, 3.8) is 0 Å². The minimum Gasteiger partial charge on any atom is -0.516 e. The first-order chi connectivity index (χ1) is 6.79. The summed E-state index contributed by atoms with van der Waals surface area (Å²) >= 11 is 0. The van der Waals surface area contributed by atoms with Gasteiger partial charge in [0, 0.05) is 0 Å². The molecule has 0 radical (unpaired) electrons. The molecule has 0 fully saturated rings. The van der Waals surface area contributed by atoms with E-state index in [4.69, 9.17) is 14.6 Å². The van der Waals surface area contributed by atoms with E-state index in [1.165, 1.54) is 0 Å². The Bertz CT molecular complexity index is 369. The maximum Gasteiger partial charge on any atom is 0.231 e. The zero-order valence-electron chi connectivity index (χ0n) is 7.99. The predicted molar refractivity (Wildman–Crippen MR) is 52.7 cm³/mol. The van der Waals surface area contributed by atoms with E-state index < -0.39 is 0 Å². The predicted octanol–water partition coefficient (Wildman–Crippen LogP) is 2.42. The molecule has 0 atom stereocenters. The molecule has 0 spiro atoms. The number of aliphatic hydroxyl groups is 1. The summed E-state index contributed by atoms with van der Waals surface area (Å²) in [5.74, 6) is 1.58. The van der Waals surface area contributed by atoms with Gasteiger partial charge in [-0.3, -0.25) is 0 Å². The van der Waals surface area contributed by atoms with Crippen LogP contribution in [0.4, 0.5) is 0 Å². The highest BCUT2D eigenvalue weighted by molar-refractivity contribution is 5.45. The minimum absolute atomic E-state index is 0.299. The van der Waals surface area contributed by atoms with Crippen molar-refractivity contribution in [2.75, 3.05) is 6.79 Å². The van der Waals surface area contributed by atoms with Gasteiger partial charge in [0.2, 0.25) is 6.79 Å². The summed E-state index contributed by atoms with van der Waals surface area (Å²) < 4.78 is 10.4. The molecule has 74 valence electrons. The number of aliphatic hydroxyl groups excluding tert-OH is 1. The average Bonchev–Trinajstić information content (AvgIpc) is 2.64. The number of allylic oxidation sites excluding steroid dienone is 1. The largest absolute Gasteiger partial charge is 0.516 e. The average molecular weight is 192 g/mol. The maximum atomic E-state index is 8.77. The van der Waals surface area contributed by atoms with E-state index in [-0.39, 0.29) is 0 Å². The molecule has 0 saturated carbocycles. The molecule has 1 aromatic rings. The summed E-state index contributed by atoms with van der Waals surface area (Å²) in [6.07, 6.45) is 1.86. The molecule has 2 rings (SSSR count). The lowest BCUT2D eigenvalue weighted by Gasteiger charge is -2.02. The molecular weight excluding hydrogens is 180 g/mol. The first kappa shape index (κ1) is 8.94. The number of ether oxygens (including phenoxy) is 2. The third-order valence-corrected chi connectivity index (χ3v) is 2.14. The molecule has 1 aromatic carbocycles. The monoisotopic (exact) mass is 192 g/mol. The van der Waals surface area contributed by atoms with Gasteiger partial charge in [0.05, 0.1) is 6.26 Å². The number of rotatable bonds is 2. The van der Waals surface area contributed by atoms with Crippen molar-refractivity contribution < 1.29 is 14.6 Å². The Morgan fingerprint density at radius 2 is 2.21 bits per heavy atom. The Hall–Kier alpha value is -1.64. The topological polar surface area (TPSA) is 38.7 Å². The van der Waals surface area contributed by atoms with Gasteiger partial charge in [-0.2, -0.15) is 0 Å².